The summed E-state index contributed by atoms with van der Waals surface area (Å²) in [6.45, 7) is 1.68. The Hall–Kier alpha value is -13.6. The Morgan fingerprint density at radius 3 is 0.349 bits per heavy atom. The monoisotopic (exact) mass is 762 g/mol. The number of rotatable bonds is 0. The third-order valence-electron chi connectivity index (χ3n) is 3.81. The average molecular weight is 763 g/mol. The van der Waals surface area contributed by atoms with Gasteiger partial charge in [-0.05, 0) is 102 Å². The van der Waals surface area contributed by atoms with Gasteiger partial charge in [0.25, 0.3) is 0 Å². The number of terminal acetylenes is 1. The molecule has 0 fully saturated rings. The number of hydrogen-bond donors (Lipinski definition) is 0. The van der Waals surface area contributed by atoms with Crippen molar-refractivity contribution in [1.29, 1.82) is 0 Å². The smallest absolute Gasteiger partial charge is 0.106 e. The summed E-state index contributed by atoms with van der Waals surface area (Å²) >= 11 is 0. The summed E-state index contributed by atoms with van der Waals surface area (Å²) in [5.41, 5.74) is 0. The van der Waals surface area contributed by atoms with Crippen molar-refractivity contribution in [1.82, 2.24) is 0 Å². The van der Waals surface area contributed by atoms with Crippen LogP contribution in [0.3, 0.4) is 0 Å². The van der Waals surface area contributed by atoms with Crippen LogP contribution in [0.15, 0.2) is 0 Å². The molecule has 0 rings (SSSR count). The minimum atomic E-state index is 1.68. The Labute approximate surface area is 374 Å². The molecular formula is C63H4. The van der Waals surface area contributed by atoms with Gasteiger partial charge in [0.05, 0.1) is 0 Å². The van der Waals surface area contributed by atoms with Gasteiger partial charge in [0, 0.05) is 260 Å². The molecule has 0 amide bonds. The van der Waals surface area contributed by atoms with E-state index in [-0.39, 0.29) is 0 Å². The summed E-state index contributed by atoms with van der Waals surface area (Å²) in [5, 5.41) is 0. The predicted octanol–water partition coefficient (Wildman–Crippen LogP) is 0.742. The standard InChI is InChI=1S/C63H4/c1-3-5-7-9-11-13-15-17-19-21-23-25-27-29-31-33-35-37-39-41-43-45-47-49-51-53-55-57-59-61-63-62-60-58-56-54-52-50-48-46-44-42-40-38-36-34-32-30-28-26-24-22-20-18-16-14-12-10-8-6-4-2/h1H,2H3/i1T. The lowest BCUT2D eigenvalue weighted by atomic mass is 10.4. The van der Waals surface area contributed by atoms with Gasteiger partial charge in [-0.25, -0.2) is 0 Å². The molecule has 0 aromatic heterocycles. The maximum Gasteiger partial charge on any atom is 0.125 e. The van der Waals surface area contributed by atoms with Crippen LogP contribution in [0.5, 0.6) is 0 Å². The van der Waals surface area contributed by atoms with Crippen LogP contribution < -0.4 is 0 Å². The zero-order valence-electron chi connectivity index (χ0n) is 33.0. The Balaban J connectivity index is 4.59. The third-order valence-corrected chi connectivity index (χ3v) is 3.81. The SMILES string of the molecule is [3H]C#CC#CC#CC#CC#CC#CC#CC#CC#CC#CC#CC#CC#CC#CC#CC#CC#CC#CC#CC#CC#CC#CC#CC#CC#CC#CC#CC#CC#CC#CC#CC. The van der Waals surface area contributed by atoms with Crippen molar-refractivity contribution in [3.63, 3.8) is 0 Å². The van der Waals surface area contributed by atoms with Crippen LogP contribution in [0.2, 0.25) is 0 Å². The second kappa shape index (κ2) is 48.4. The molecule has 0 aliphatic heterocycles. The van der Waals surface area contributed by atoms with E-state index < -0.39 is 0 Å². The van der Waals surface area contributed by atoms with Gasteiger partial charge in [-0.3, -0.25) is 0 Å². The molecule has 0 saturated heterocycles. The molecule has 0 aromatic rings. The van der Waals surface area contributed by atoms with Gasteiger partial charge in [0.2, 0.25) is 0 Å². The molecule has 0 heterocycles. The zero-order valence-corrected chi connectivity index (χ0v) is 32.0. The van der Waals surface area contributed by atoms with Gasteiger partial charge in [0.1, 0.15) is 1.37 Å². The molecule has 0 N–H and O–H groups in total. The van der Waals surface area contributed by atoms with Crippen molar-refractivity contribution in [2.45, 2.75) is 6.92 Å². The van der Waals surface area contributed by atoms with E-state index in [4.69, 9.17) is 1.37 Å². The molecule has 0 radical (unpaired) electrons. The first-order valence-electron chi connectivity index (χ1n) is 16.2. The van der Waals surface area contributed by atoms with E-state index in [1.807, 2.05) is 6.40 Å². The van der Waals surface area contributed by atoms with Gasteiger partial charge in [-0.15, -0.1) is 6.40 Å². The second-order valence-corrected chi connectivity index (χ2v) is 7.75. The lowest BCUT2D eigenvalue weighted by Gasteiger charge is -1.57. The molecule has 0 bridgehead atoms. The van der Waals surface area contributed by atoms with Gasteiger partial charge in [-0.1, -0.05) is 5.92 Å². The van der Waals surface area contributed by atoms with Crippen LogP contribution in [-0.2, 0) is 0 Å². The van der Waals surface area contributed by atoms with E-state index >= 15 is 0 Å². The van der Waals surface area contributed by atoms with E-state index in [1.54, 1.807) is 6.92 Å². The van der Waals surface area contributed by atoms with Gasteiger partial charge in [0.15, 0.2) is 0 Å². The van der Waals surface area contributed by atoms with Crippen LogP contribution in [0, 0.1) is 368 Å². The summed E-state index contributed by atoms with van der Waals surface area (Å²) in [4.78, 5) is 0. The largest absolute Gasteiger partial charge is 0.125 e. The van der Waals surface area contributed by atoms with E-state index in [0.29, 0.717) is 0 Å². The minimum absolute atomic E-state index is 1.68. The number of hydrogen-bond acceptors (Lipinski definition) is 0. The highest BCUT2D eigenvalue weighted by Gasteiger charge is 1.63. The molecule has 0 aliphatic carbocycles. The maximum absolute atomic E-state index is 6.57. The fourth-order valence-corrected chi connectivity index (χ4v) is 1.88. The molecule has 0 heteroatoms. The molecular weight excluding hydrogens is 757 g/mol. The summed E-state index contributed by atoms with van der Waals surface area (Å²) in [6.07, 6.45) is 1.88. The molecule has 0 nitrogen and oxygen atoms in total. The first-order chi connectivity index (χ1) is 31.9. The van der Waals surface area contributed by atoms with E-state index in [1.165, 1.54) is 0 Å². The van der Waals surface area contributed by atoms with Crippen LogP contribution >= 0.6 is 0 Å². The Kier molecular flexibility index (Phi) is 36.4. The van der Waals surface area contributed by atoms with Crippen molar-refractivity contribution in [3.8, 4) is 368 Å². The Morgan fingerprint density at radius 2 is 0.254 bits per heavy atom. The van der Waals surface area contributed by atoms with Crippen molar-refractivity contribution in [2.24, 2.45) is 0 Å². The van der Waals surface area contributed by atoms with Gasteiger partial charge < -0.3 is 0 Å². The fraction of sp³-hybridized carbons (Fsp3) is 0.0159. The van der Waals surface area contributed by atoms with Gasteiger partial charge >= 0.3 is 0 Å². The van der Waals surface area contributed by atoms with Crippen LogP contribution in [-0.4, -0.2) is 0 Å². The first kappa shape index (κ1) is 47.4. The molecule has 0 spiro atoms. The highest BCUT2D eigenvalue weighted by molar-refractivity contribution is 5.52. The molecule has 0 atom stereocenters. The van der Waals surface area contributed by atoms with Crippen LogP contribution in [0.25, 0.3) is 0 Å². The highest BCUT2D eigenvalue weighted by Crippen LogP contribution is 1.63. The topological polar surface area (TPSA) is 0 Å². The highest BCUT2D eigenvalue weighted by atomic mass is 13.6. The summed E-state index contributed by atoms with van der Waals surface area (Å²) < 4.78 is 6.57. The average Bonchev–Trinajstić information content (AvgIpc) is 3.31. The molecule has 0 unspecified atom stereocenters. The van der Waals surface area contributed by atoms with E-state index in [0.717, 1.165) is 0 Å². The molecule has 0 aliphatic rings. The quantitative estimate of drug-likeness (QED) is 0.320. The lowest BCUT2D eigenvalue weighted by Crippen LogP contribution is -1.57. The van der Waals surface area contributed by atoms with Crippen LogP contribution in [0.1, 0.15) is 8.29 Å². The lowest BCUT2D eigenvalue weighted by molar-refractivity contribution is 1.92. The molecule has 0 aromatic carbocycles. The van der Waals surface area contributed by atoms with Crippen LogP contribution in [0.4, 0.5) is 0 Å². The van der Waals surface area contributed by atoms with Crippen molar-refractivity contribution >= 4 is 0 Å². The normalized spacial score (nSPS) is 4.05. The van der Waals surface area contributed by atoms with E-state index in [9.17, 15) is 0 Å². The van der Waals surface area contributed by atoms with Crippen molar-refractivity contribution in [2.75, 3.05) is 0 Å². The molecule has 256 valence electrons. The van der Waals surface area contributed by atoms with Crippen molar-refractivity contribution in [3.05, 3.63) is 0 Å². The molecule has 0 saturated carbocycles. The van der Waals surface area contributed by atoms with Gasteiger partial charge in [-0.2, -0.15) is 0 Å². The fourth-order valence-electron chi connectivity index (χ4n) is 1.88. The summed E-state index contributed by atoms with van der Waals surface area (Å²) in [5.74, 6) is 152. The minimum Gasteiger partial charge on any atom is -0.106 e. The van der Waals surface area contributed by atoms with Crippen molar-refractivity contribution < 1.29 is 1.37 Å². The summed E-state index contributed by atoms with van der Waals surface area (Å²) in [7, 11) is 0. The molecule has 63 heavy (non-hydrogen) atoms. The van der Waals surface area contributed by atoms with E-state index in [2.05, 4.69) is 361 Å². The third kappa shape index (κ3) is 48.4. The predicted molar refractivity (Wildman–Crippen MR) is 248 cm³/mol. The second-order valence-electron chi connectivity index (χ2n) is 7.75. The Bertz CT molecular complexity index is 3820. The zero-order chi connectivity index (χ0) is 45.8. The maximum atomic E-state index is 6.57. The summed E-state index contributed by atoms with van der Waals surface area (Å²) in [6, 6.07) is 0. The first-order valence-corrected chi connectivity index (χ1v) is 15.8. The Morgan fingerprint density at radius 1 is 0.159 bits per heavy atom.